The molecule has 0 amide bonds. The average Bonchev–Trinajstić information content (AvgIpc) is 2.45. The monoisotopic (exact) mass is 273 g/mol. The number of benzene rings is 2. The van der Waals surface area contributed by atoms with E-state index < -0.39 is 0 Å². The van der Waals surface area contributed by atoms with Gasteiger partial charge in [0.2, 0.25) is 0 Å². The van der Waals surface area contributed by atoms with Crippen molar-refractivity contribution in [2.75, 3.05) is 6.61 Å². The van der Waals surface area contributed by atoms with E-state index in [4.69, 9.17) is 16.3 Å². The molecular weight excluding hydrogens is 258 g/mol. The minimum Gasteiger partial charge on any atom is -0.492 e. The van der Waals surface area contributed by atoms with Crippen LogP contribution in [0.4, 0.5) is 5.69 Å². The molecule has 2 nitrogen and oxygen atoms in total. The molecule has 0 saturated carbocycles. The van der Waals surface area contributed by atoms with Gasteiger partial charge in [0.25, 0.3) is 0 Å². The topological polar surface area (TPSA) is 21.6 Å². The Labute approximate surface area is 118 Å². The van der Waals surface area contributed by atoms with Gasteiger partial charge in [0.1, 0.15) is 5.75 Å². The van der Waals surface area contributed by atoms with Gasteiger partial charge in [0, 0.05) is 6.21 Å². The number of hydrogen-bond acceptors (Lipinski definition) is 2. The first-order chi connectivity index (χ1) is 9.29. The molecule has 0 bridgehead atoms. The Morgan fingerprint density at radius 1 is 1.16 bits per heavy atom. The molecule has 98 valence electrons. The molecule has 19 heavy (non-hydrogen) atoms. The Bertz CT molecular complexity index is 552. The van der Waals surface area contributed by atoms with Gasteiger partial charge in [-0.25, -0.2) is 0 Å². The minimum atomic E-state index is 0.616. The second-order valence-electron chi connectivity index (χ2n) is 4.13. The predicted octanol–water partition coefficient (Wildman–Crippen LogP) is 4.88. The highest BCUT2D eigenvalue weighted by Gasteiger charge is 2.01. The summed E-state index contributed by atoms with van der Waals surface area (Å²) < 4.78 is 5.53. The number of para-hydroxylation sites is 1. The van der Waals surface area contributed by atoms with Gasteiger partial charge in [-0.2, -0.15) is 0 Å². The molecule has 0 saturated heterocycles. The molecule has 0 heterocycles. The molecule has 0 N–H and O–H groups in total. The molecule has 0 aliphatic carbocycles. The lowest BCUT2D eigenvalue weighted by Crippen LogP contribution is -1.96. The van der Waals surface area contributed by atoms with Crippen LogP contribution in [0, 0.1) is 0 Å². The number of rotatable bonds is 5. The average molecular weight is 274 g/mol. The number of ether oxygens (including phenoxy) is 1. The van der Waals surface area contributed by atoms with E-state index in [1.54, 1.807) is 6.21 Å². The highest BCUT2D eigenvalue weighted by molar-refractivity contribution is 6.32. The van der Waals surface area contributed by atoms with Gasteiger partial charge in [-0.15, -0.1) is 0 Å². The van der Waals surface area contributed by atoms with Gasteiger partial charge in [-0.3, -0.25) is 4.99 Å². The van der Waals surface area contributed by atoms with Crippen LogP contribution in [-0.4, -0.2) is 12.8 Å². The van der Waals surface area contributed by atoms with Gasteiger partial charge in [-0.1, -0.05) is 36.7 Å². The van der Waals surface area contributed by atoms with Crippen molar-refractivity contribution < 1.29 is 4.74 Å². The smallest absolute Gasteiger partial charge is 0.137 e. The van der Waals surface area contributed by atoms with E-state index in [-0.39, 0.29) is 0 Å². The lowest BCUT2D eigenvalue weighted by atomic mass is 10.2. The van der Waals surface area contributed by atoms with Gasteiger partial charge in [0.15, 0.2) is 0 Å². The summed E-state index contributed by atoms with van der Waals surface area (Å²) in [5, 5.41) is 0.616. The summed E-state index contributed by atoms with van der Waals surface area (Å²) in [5.74, 6) is 0.723. The quantitative estimate of drug-likeness (QED) is 0.712. The molecule has 0 unspecified atom stereocenters. The molecule has 0 atom stereocenters. The van der Waals surface area contributed by atoms with E-state index in [2.05, 4.69) is 11.9 Å². The third kappa shape index (κ3) is 4.11. The van der Waals surface area contributed by atoms with E-state index in [1.807, 2.05) is 48.5 Å². The summed E-state index contributed by atoms with van der Waals surface area (Å²) in [7, 11) is 0. The lowest BCUT2D eigenvalue weighted by molar-refractivity contribution is 0.317. The predicted molar refractivity (Wildman–Crippen MR) is 80.9 cm³/mol. The largest absolute Gasteiger partial charge is 0.492 e. The molecule has 0 spiro atoms. The maximum absolute atomic E-state index is 6.16. The van der Waals surface area contributed by atoms with Crippen molar-refractivity contribution in [3.05, 3.63) is 59.1 Å². The number of halogens is 1. The maximum Gasteiger partial charge on any atom is 0.137 e. The highest BCUT2D eigenvalue weighted by Crippen LogP contribution is 2.25. The van der Waals surface area contributed by atoms with Crippen LogP contribution in [0.5, 0.6) is 5.75 Å². The third-order valence-electron chi connectivity index (χ3n) is 2.54. The van der Waals surface area contributed by atoms with Crippen molar-refractivity contribution in [3.63, 3.8) is 0 Å². The van der Waals surface area contributed by atoms with Crippen molar-refractivity contribution in [3.8, 4) is 5.75 Å². The molecule has 2 aromatic rings. The summed E-state index contributed by atoms with van der Waals surface area (Å²) in [6.45, 7) is 2.74. The van der Waals surface area contributed by atoms with Crippen molar-refractivity contribution in [1.29, 1.82) is 0 Å². The standard InChI is InChI=1S/C16H16ClNO/c1-2-10-19-16-9-8-13(11-15(16)17)12-18-14-6-4-3-5-7-14/h3-9,11-12H,2,10H2,1H3. The normalized spacial score (nSPS) is 10.8. The molecule has 0 radical (unpaired) electrons. The van der Waals surface area contributed by atoms with Crippen LogP contribution in [-0.2, 0) is 0 Å². The van der Waals surface area contributed by atoms with Crippen LogP contribution in [0.3, 0.4) is 0 Å². The van der Waals surface area contributed by atoms with Crippen LogP contribution in [0.1, 0.15) is 18.9 Å². The molecule has 2 rings (SSSR count). The first-order valence-corrected chi connectivity index (χ1v) is 6.69. The Kier molecular flexibility index (Phi) is 4.99. The van der Waals surface area contributed by atoms with Gasteiger partial charge >= 0.3 is 0 Å². The van der Waals surface area contributed by atoms with E-state index in [0.717, 1.165) is 23.4 Å². The molecule has 0 aliphatic heterocycles. The van der Waals surface area contributed by atoms with Crippen molar-refractivity contribution in [2.45, 2.75) is 13.3 Å². The summed E-state index contributed by atoms with van der Waals surface area (Å²) in [6.07, 6.45) is 2.76. The second-order valence-corrected chi connectivity index (χ2v) is 4.54. The fourth-order valence-corrected chi connectivity index (χ4v) is 1.83. The van der Waals surface area contributed by atoms with Crippen molar-refractivity contribution in [2.24, 2.45) is 4.99 Å². The molecule has 0 fully saturated rings. The van der Waals surface area contributed by atoms with E-state index in [9.17, 15) is 0 Å². The Hall–Kier alpha value is -1.80. The van der Waals surface area contributed by atoms with E-state index >= 15 is 0 Å². The highest BCUT2D eigenvalue weighted by atomic mass is 35.5. The molecule has 3 heteroatoms. The minimum absolute atomic E-state index is 0.616. The number of hydrogen-bond donors (Lipinski definition) is 0. The van der Waals surface area contributed by atoms with Crippen LogP contribution in [0.2, 0.25) is 5.02 Å². The summed E-state index contributed by atoms with van der Waals surface area (Å²) in [5.41, 5.74) is 1.88. The van der Waals surface area contributed by atoms with E-state index in [1.165, 1.54) is 0 Å². The number of aliphatic imine (C=N–C) groups is 1. The zero-order valence-corrected chi connectivity index (χ0v) is 11.6. The fraction of sp³-hybridized carbons (Fsp3) is 0.188. The van der Waals surface area contributed by atoms with Crippen molar-refractivity contribution in [1.82, 2.24) is 0 Å². The molecule has 0 aliphatic rings. The van der Waals surface area contributed by atoms with Gasteiger partial charge < -0.3 is 4.74 Å². The zero-order valence-electron chi connectivity index (χ0n) is 10.8. The third-order valence-corrected chi connectivity index (χ3v) is 2.83. The molecule has 0 aromatic heterocycles. The number of nitrogens with zero attached hydrogens (tertiary/aromatic N) is 1. The first kappa shape index (κ1) is 13.6. The van der Waals surface area contributed by atoms with Crippen LogP contribution in [0.25, 0.3) is 0 Å². The van der Waals surface area contributed by atoms with Crippen LogP contribution in [0.15, 0.2) is 53.5 Å². The summed E-state index contributed by atoms with van der Waals surface area (Å²) in [6, 6.07) is 15.5. The Morgan fingerprint density at radius 2 is 1.95 bits per heavy atom. The van der Waals surface area contributed by atoms with Gasteiger partial charge in [-0.05, 0) is 42.3 Å². The SMILES string of the molecule is CCCOc1ccc(C=Nc2ccccc2)cc1Cl. The van der Waals surface area contributed by atoms with Crippen LogP contribution >= 0.6 is 11.6 Å². The Balaban J connectivity index is 2.10. The lowest BCUT2D eigenvalue weighted by Gasteiger charge is -2.06. The molecular formula is C16H16ClNO. The van der Waals surface area contributed by atoms with Gasteiger partial charge in [0.05, 0.1) is 17.3 Å². The summed E-state index contributed by atoms with van der Waals surface area (Å²) >= 11 is 6.16. The first-order valence-electron chi connectivity index (χ1n) is 6.31. The van der Waals surface area contributed by atoms with E-state index in [0.29, 0.717) is 11.6 Å². The van der Waals surface area contributed by atoms with Crippen molar-refractivity contribution >= 4 is 23.5 Å². The summed E-state index contributed by atoms with van der Waals surface area (Å²) in [4.78, 5) is 4.38. The van der Waals surface area contributed by atoms with Crippen LogP contribution < -0.4 is 4.74 Å². The maximum atomic E-state index is 6.16. The fourth-order valence-electron chi connectivity index (χ4n) is 1.59. The second kappa shape index (κ2) is 6.95. The Morgan fingerprint density at radius 3 is 2.63 bits per heavy atom. The zero-order chi connectivity index (χ0) is 13.5. The molecule has 2 aromatic carbocycles.